The van der Waals surface area contributed by atoms with Crippen molar-refractivity contribution in [3.05, 3.63) is 24.3 Å². The monoisotopic (exact) mass is 273 g/mol. The third-order valence-corrected chi connectivity index (χ3v) is 4.47. The highest BCUT2D eigenvalue weighted by Crippen LogP contribution is 2.19. The van der Waals surface area contributed by atoms with Crippen LogP contribution in [0.2, 0.25) is 0 Å². The second-order valence-corrected chi connectivity index (χ2v) is 5.63. The topological polar surface area (TPSA) is 66.8 Å². The van der Waals surface area contributed by atoms with Crippen LogP contribution in [0.3, 0.4) is 0 Å². The predicted molar refractivity (Wildman–Crippen MR) is 69.0 cm³/mol. The number of ether oxygens (including phenoxy) is 1. The molecule has 1 aromatic rings. The van der Waals surface area contributed by atoms with Gasteiger partial charge in [0.15, 0.2) is 0 Å². The molecule has 0 aromatic heterocycles. The first-order valence-corrected chi connectivity index (χ1v) is 7.33. The fraction of sp³-hybridized carbons (Fsp3) is 0.500. The van der Waals surface area contributed by atoms with Crippen LogP contribution >= 0.6 is 0 Å². The third-order valence-electron chi connectivity index (χ3n) is 2.50. The summed E-state index contributed by atoms with van der Waals surface area (Å²) in [5, 5.41) is 9.34. The molecule has 0 heterocycles. The zero-order valence-electron chi connectivity index (χ0n) is 10.7. The number of sulfonamides is 1. The molecule has 0 aliphatic rings. The Hall–Kier alpha value is -1.11. The van der Waals surface area contributed by atoms with Gasteiger partial charge in [-0.3, -0.25) is 0 Å². The van der Waals surface area contributed by atoms with E-state index in [-0.39, 0.29) is 10.6 Å². The largest absolute Gasteiger partial charge is 0.508 e. The molecule has 0 atom stereocenters. The Morgan fingerprint density at radius 2 is 2.06 bits per heavy atom. The fourth-order valence-electron chi connectivity index (χ4n) is 1.55. The molecule has 0 aliphatic carbocycles. The highest BCUT2D eigenvalue weighted by Gasteiger charge is 2.22. The highest BCUT2D eigenvalue weighted by atomic mass is 32.2. The molecule has 5 nitrogen and oxygen atoms in total. The minimum absolute atomic E-state index is 0.0584. The van der Waals surface area contributed by atoms with E-state index in [0.717, 1.165) is 0 Å². The lowest BCUT2D eigenvalue weighted by Gasteiger charge is -2.20. The summed E-state index contributed by atoms with van der Waals surface area (Å²) in [7, 11) is -3.56. The second-order valence-electron chi connectivity index (χ2n) is 3.69. The van der Waals surface area contributed by atoms with Crippen molar-refractivity contribution in [2.24, 2.45) is 0 Å². The Kier molecular flexibility index (Phi) is 5.58. The maximum absolute atomic E-state index is 12.3. The molecule has 0 saturated heterocycles. The van der Waals surface area contributed by atoms with Crippen molar-refractivity contribution in [2.45, 2.75) is 18.7 Å². The maximum atomic E-state index is 12.3. The summed E-state index contributed by atoms with van der Waals surface area (Å²) in [6.45, 7) is 5.23. The summed E-state index contributed by atoms with van der Waals surface area (Å²) in [6.07, 6.45) is 0. The normalized spacial score (nSPS) is 11.9. The molecule has 18 heavy (non-hydrogen) atoms. The number of hydrogen-bond donors (Lipinski definition) is 1. The van der Waals surface area contributed by atoms with E-state index >= 15 is 0 Å². The smallest absolute Gasteiger partial charge is 0.243 e. The summed E-state index contributed by atoms with van der Waals surface area (Å²) in [6, 6.07) is 5.67. The first kappa shape index (κ1) is 14.9. The third kappa shape index (κ3) is 3.69. The highest BCUT2D eigenvalue weighted by molar-refractivity contribution is 7.89. The van der Waals surface area contributed by atoms with Crippen LogP contribution < -0.4 is 0 Å². The van der Waals surface area contributed by atoms with Crippen LogP contribution in [-0.2, 0) is 14.8 Å². The van der Waals surface area contributed by atoms with Crippen LogP contribution in [-0.4, -0.2) is 44.1 Å². The predicted octanol–water partition coefficient (Wildman–Crippen LogP) is 1.44. The summed E-state index contributed by atoms with van der Waals surface area (Å²) in [5.74, 6) is -0.0584. The van der Waals surface area contributed by atoms with Crippen LogP contribution in [0.15, 0.2) is 29.2 Å². The van der Waals surface area contributed by atoms with Gasteiger partial charge in [-0.05, 0) is 25.1 Å². The van der Waals surface area contributed by atoms with Gasteiger partial charge < -0.3 is 9.84 Å². The molecule has 0 spiro atoms. The van der Waals surface area contributed by atoms with Crippen molar-refractivity contribution in [2.75, 3.05) is 26.3 Å². The average Bonchev–Trinajstić information content (AvgIpc) is 2.34. The Morgan fingerprint density at radius 3 is 2.61 bits per heavy atom. The number of hydrogen-bond acceptors (Lipinski definition) is 4. The summed E-state index contributed by atoms with van der Waals surface area (Å²) in [4.78, 5) is 0.0980. The number of nitrogens with zero attached hydrogens (tertiary/aromatic N) is 1. The lowest BCUT2D eigenvalue weighted by Crippen LogP contribution is -2.33. The van der Waals surface area contributed by atoms with Crippen molar-refractivity contribution < 1.29 is 18.3 Å². The number of benzene rings is 1. The minimum Gasteiger partial charge on any atom is -0.508 e. The molecule has 0 saturated carbocycles. The Bertz CT molecular complexity index is 473. The van der Waals surface area contributed by atoms with Gasteiger partial charge in [-0.15, -0.1) is 0 Å². The molecule has 0 unspecified atom stereocenters. The quantitative estimate of drug-likeness (QED) is 0.763. The number of phenolic OH excluding ortho intramolecular Hbond substituents is 1. The molecule has 0 aliphatic heterocycles. The van der Waals surface area contributed by atoms with Crippen molar-refractivity contribution in [1.29, 1.82) is 0 Å². The van der Waals surface area contributed by atoms with Gasteiger partial charge in [0.2, 0.25) is 10.0 Å². The maximum Gasteiger partial charge on any atom is 0.243 e. The van der Waals surface area contributed by atoms with E-state index < -0.39 is 10.0 Å². The van der Waals surface area contributed by atoms with Crippen LogP contribution in [0.4, 0.5) is 0 Å². The van der Waals surface area contributed by atoms with Gasteiger partial charge in [0, 0.05) is 19.7 Å². The van der Waals surface area contributed by atoms with Crippen molar-refractivity contribution in [1.82, 2.24) is 4.31 Å². The molecule has 0 bridgehead atoms. The van der Waals surface area contributed by atoms with Gasteiger partial charge in [0.05, 0.1) is 11.5 Å². The van der Waals surface area contributed by atoms with Crippen LogP contribution in [0.1, 0.15) is 13.8 Å². The Morgan fingerprint density at radius 1 is 1.33 bits per heavy atom. The number of aromatic hydroxyl groups is 1. The number of likely N-dealkylation sites (N-methyl/N-ethyl adjacent to an activating group) is 1. The molecule has 1 rings (SSSR count). The molecule has 0 radical (unpaired) electrons. The van der Waals surface area contributed by atoms with Crippen molar-refractivity contribution in [3.8, 4) is 5.75 Å². The van der Waals surface area contributed by atoms with E-state index in [9.17, 15) is 13.5 Å². The van der Waals surface area contributed by atoms with Crippen molar-refractivity contribution in [3.63, 3.8) is 0 Å². The van der Waals surface area contributed by atoms with Gasteiger partial charge >= 0.3 is 0 Å². The summed E-state index contributed by atoms with van der Waals surface area (Å²) >= 11 is 0. The Labute approximate surface area is 108 Å². The van der Waals surface area contributed by atoms with Gasteiger partial charge in [-0.2, -0.15) is 4.31 Å². The summed E-state index contributed by atoms with van der Waals surface area (Å²) in [5.41, 5.74) is 0. The van der Waals surface area contributed by atoms with E-state index in [4.69, 9.17) is 4.74 Å². The standard InChI is InChI=1S/C12H19NO4S/c1-3-13(8-9-17-4-2)18(15,16)12-7-5-6-11(14)10-12/h5-7,10,14H,3-4,8-9H2,1-2H3. The molecule has 1 N–H and O–H groups in total. The molecule has 0 amide bonds. The molecule has 102 valence electrons. The zero-order chi connectivity index (χ0) is 13.6. The molecule has 0 fully saturated rings. The lowest BCUT2D eigenvalue weighted by atomic mass is 10.3. The van der Waals surface area contributed by atoms with Gasteiger partial charge in [0.25, 0.3) is 0 Å². The van der Waals surface area contributed by atoms with Crippen molar-refractivity contribution >= 4 is 10.0 Å². The van der Waals surface area contributed by atoms with E-state index in [2.05, 4.69) is 0 Å². The summed E-state index contributed by atoms with van der Waals surface area (Å²) < 4.78 is 31.0. The van der Waals surface area contributed by atoms with E-state index in [1.54, 1.807) is 6.92 Å². The lowest BCUT2D eigenvalue weighted by molar-refractivity contribution is 0.135. The average molecular weight is 273 g/mol. The van der Waals surface area contributed by atoms with Gasteiger partial charge in [0.1, 0.15) is 5.75 Å². The van der Waals surface area contributed by atoms with E-state index in [0.29, 0.717) is 26.3 Å². The minimum atomic E-state index is -3.56. The van der Waals surface area contributed by atoms with E-state index in [1.165, 1.54) is 28.6 Å². The molecule has 6 heteroatoms. The van der Waals surface area contributed by atoms with Gasteiger partial charge in [-0.25, -0.2) is 8.42 Å². The second kappa shape index (κ2) is 6.72. The van der Waals surface area contributed by atoms with Gasteiger partial charge in [-0.1, -0.05) is 13.0 Å². The molecular weight excluding hydrogens is 254 g/mol. The first-order valence-electron chi connectivity index (χ1n) is 5.89. The van der Waals surface area contributed by atoms with Crippen LogP contribution in [0.5, 0.6) is 5.75 Å². The van der Waals surface area contributed by atoms with E-state index in [1.807, 2.05) is 6.92 Å². The zero-order valence-corrected chi connectivity index (χ0v) is 11.5. The Balaban J connectivity index is 2.89. The fourth-order valence-corrected chi connectivity index (χ4v) is 3.03. The molecule has 1 aromatic carbocycles. The number of phenols is 1. The molecular formula is C12H19NO4S. The SMILES string of the molecule is CCOCCN(CC)S(=O)(=O)c1cccc(O)c1. The van der Waals surface area contributed by atoms with Crippen LogP contribution in [0.25, 0.3) is 0 Å². The number of rotatable bonds is 7. The first-order chi connectivity index (χ1) is 8.52. The van der Waals surface area contributed by atoms with Crippen LogP contribution in [0, 0.1) is 0 Å².